The van der Waals surface area contributed by atoms with Crippen LogP contribution in [-0.2, 0) is 0 Å². The molecule has 0 aliphatic carbocycles. The minimum atomic E-state index is -0.977. The van der Waals surface area contributed by atoms with Gasteiger partial charge in [0.15, 0.2) is 0 Å². The predicted octanol–water partition coefficient (Wildman–Crippen LogP) is 3.55. The fraction of sp³-hybridized carbons (Fsp3) is 0.368. The number of hydrogen-bond donors (Lipinski definition) is 3. The maximum atomic E-state index is 10.8. The molecule has 0 bridgehead atoms. The maximum Gasteiger partial charge on any atom is 0.404 e. The Morgan fingerprint density at radius 1 is 1.32 bits per heavy atom. The number of nitrogens with zero attached hydrogens (tertiary/aromatic N) is 4. The summed E-state index contributed by atoms with van der Waals surface area (Å²) in [6.07, 6.45) is 2.55. The van der Waals surface area contributed by atoms with E-state index in [1.807, 2.05) is 24.3 Å². The van der Waals surface area contributed by atoms with Gasteiger partial charge in [-0.25, -0.2) is 14.8 Å². The number of carboxylic acid groups (broad SMARTS) is 1. The van der Waals surface area contributed by atoms with Crippen molar-refractivity contribution in [2.24, 2.45) is 5.41 Å². The minimum Gasteiger partial charge on any atom is -0.465 e. The molecule has 1 aliphatic heterocycles. The van der Waals surface area contributed by atoms with Gasteiger partial charge in [0.25, 0.3) is 0 Å². The third-order valence-corrected chi connectivity index (χ3v) is 5.60. The number of aromatic amines is 1. The number of carbonyl (C=O) groups is 1. The molecular weight excluding hydrogens is 380 g/mol. The Balaban J connectivity index is 1.50. The summed E-state index contributed by atoms with van der Waals surface area (Å²) >= 11 is 5.96. The van der Waals surface area contributed by atoms with Crippen molar-refractivity contribution in [3.8, 4) is 11.3 Å². The number of halogens is 1. The van der Waals surface area contributed by atoms with Crippen LogP contribution in [0.3, 0.4) is 0 Å². The van der Waals surface area contributed by atoms with Crippen molar-refractivity contribution < 1.29 is 9.90 Å². The van der Waals surface area contributed by atoms with E-state index in [0.717, 1.165) is 48.5 Å². The SMILES string of the molecule is CC1(CNC(=O)O)CCN(c2cnc3c(-c4ccc(Cl)cc4)[nH]nc3n2)CC1. The number of fused-ring (bicyclic) bond motifs is 1. The Kier molecular flexibility index (Phi) is 4.80. The monoisotopic (exact) mass is 400 g/mol. The van der Waals surface area contributed by atoms with E-state index >= 15 is 0 Å². The van der Waals surface area contributed by atoms with E-state index in [0.29, 0.717) is 17.2 Å². The molecule has 0 unspecified atom stereocenters. The molecule has 2 aromatic heterocycles. The van der Waals surface area contributed by atoms with Crippen molar-refractivity contribution in [1.29, 1.82) is 0 Å². The van der Waals surface area contributed by atoms with Crippen LogP contribution in [0, 0.1) is 5.41 Å². The van der Waals surface area contributed by atoms with E-state index in [-0.39, 0.29) is 5.41 Å². The number of rotatable bonds is 4. The summed E-state index contributed by atoms with van der Waals surface area (Å²) in [5.74, 6) is 0.787. The quantitative estimate of drug-likeness (QED) is 0.618. The van der Waals surface area contributed by atoms with E-state index in [9.17, 15) is 4.79 Å². The molecule has 1 saturated heterocycles. The summed E-state index contributed by atoms with van der Waals surface area (Å²) in [7, 11) is 0. The van der Waals surface area contributed by atoms with Gasteiger partial charge in [0.2, 0.25) is 5.65 Å². The molecule has 1 fully saturated rings. The lowest BCUT2D eigenvalue weighted by molar-refractivity contribution is 0.178. The number of nitrogens with one attached hydrogen (secondary N) is 2. The molecule has 9 heteroatoms. The summed E-state index contributed by atoms with van der Waals surface area (Å²) < 4.78 is 0. The Bertz CT molecular complexity index is 995. The lowest BCUT2D eigenvalue weighted by Gasteiger charge is -2.39. The third-order valence-electron chi connectivity index (χ3n) is 5.35. The van der Waals surface area contributed by atoms with Crippen LogP contribution in [0.1, 0.15) is 19.8 Å². The molecule has 1 amide bonds. The van der Waals surface area contributed by atoms with Crippen molar-refractivity contribution in [3.63, 3.8) is 0 Å². The van der Waals surface area contributed by atoms with Gasteiger partial charge in [0, 0.05) is 30.2 Å². The van der Waals surface area contributed by atoms with Gasteiger partial charge < -0.3 is 15.3 Å². The lowest BCUT2D eigenvalue weighted by atomic mass is 9.80. The molecular formula is C19H21ClN6O2. The summed E-state index contributed by atoms with van der Waals surface area (Å²) in [4.78, 5) is 22.2. The molecule has 3 aromatic rings. The average Bonchev–Trinajstić information content (AvgIpc) is 3.11. The highest BCUT2D eigenvalue weighted by Gasteiger charge is 2.31. The van der Waals surface area contributed by atoms with Crippen LogP contribution in [0.4, 0.5) is 10.6 Å². The number of anilines is 1. The van der Waals surface area contributed by atoms with Crippen molar-refractivity contribution in [1.82, 2.24) is 25.5 Å². The van der Waals surface area contributed by atoms with Gasteiger partial charge in [-0.15, -0.1) is 0 Å². The Morgan fingerprint density at radius 2 is 2.04 bits per heavy atom. The van der Waals surface area contributed by atoms with E-state index in [1.54, 1.807) is 6.20 Å². The van der Waals surface area contributed by atoms with Gasteiger partial charge in [-0.3, -0.25) is 5.10 Å². The fourth-order valence-electron chi connectivity index (χ4n) is 3.50. The first kappa shape index (κ1) is 18.5. The molecule has 4 rings (SSSR count). The summed E-state index contributed by atoms with van der Waals surface area (Å²) in [6, 6.07) is 7.49. The Hall–Kier alpha value is -2.87. The fourth-order valence-corrected chi connectivity index (χ4v) is 3.62. The van der Waals surface area contributed by atoms with Gasteiger partial charge in [-0.1, -0.05) is 30.7 Å². The van der Waals surface area contributed by atoms with Crippen LogP contribution in [0.25, 0.3) is 22.4 Å². The number of H-pyrrole nitrogens is 1. The minimum absolute atomic E-state index is 0.0412. The van der Waals surface area contributed by atoms with Gasteiger partial charge in [-0.2, -0.15) is 5.10 Å². The molecule has 0 atom stereocenters. The van der Waals surface area contributed by atoms with E-state index in [1.165, 1.54) is 0 Å². The Labute approximate surface area is 166 Å². The normalized spacial score (nSPS) is 16.3. The zero-order chi connectivity index (χ0) is 19.7. The molecule has 8 nitrogen and oxygen atoms in total. The number of hydrogen-bond acceptors (Lipinski definition) is 5. The molecule has 0 radical (unpaired) electrons. The van der Waals surface area contributed by atoms with Crippen LogP contribution in [-0.4, -0.2) is 51.0 Å². The third kappa shape index (κ3) is 3.73. The molecule has 0 spiro atoms. The van der Waals surface area contributed by atoms with Crippen molar-refractivity contribution in [2.75, 3.05) is 24.5 Å². The van der Waals surface area contributed by atoms with Crippen molar-refractivity contribution in [2.45, 2.75) is 19.8 Å². The van der Waals surface area contributed by atoms with Crippen LogP contribution >= 0.6 is 11.6 Å². The highest BCUT2D eigenvalue weighted by atomic mass is 35.5. The van der Waals surface area contributed by atoms with Crippen LogP contribution in [0.15, 0.2) is 30.5 Å². The largest absolute Gasteiger partial charge is 0.465 e. The zero-order valence-corrected chi connectivity index (χ0v) is 16.2. The number of benzene rings is 1. The molecule has 0 saturated carbocycles. The van der Waals surface area contributed by atoms with E-state index < -0.39 is 6.09 Å². The van der Waals surface area contributed by atoms with Gasteiger partial charge in [0.1, 0.15) is 11.3 Å². The van der Waals surface area contributed by atoms with Crippen LogP contribution < -0.4 is 10.2 Å². The lowest BCUT2D eigenvalue weighted by Crippen LogP contribution is -2.44. The topological polar surface area (TPSA) is 107 Å². The highest BCUT2D eigenvalue weighted by Crippen LogP contribution is 2.32. The Morgan fingerprint density at radius 3 is 2.71 bits per heavy atom. The molecule has 146 valence electrons. The van der Waals surface area contributed by atoms with Crippen LogP contribution in [0.2, 0.25) is 5.02 Å². The average molecular weight is 401 g/mol. The van der Waals surface area contributed by atoms with Gasteiger partial charge in [0.05, 0.1) is 11.9 Å². The van der Waals surface area contributed by atoms with Crippen molar-refractivity contribution in [3.05, 3.63) is 35.5 Å². The first-order valence-corrected chi connectivity index (χ1v) is 9.50. The second-order valence-electron chi connectivity index (χ2n) is 7.46. The molecule has 28 heavy (non-hydrogen) atoms. The smallest absolute Gasteiger partial charge is 0.404 e. The van der Waals surface area contributed by atoms with E-state index in [4.69, 9.17) is 16.7 Å². The first-order valence-electron chi connectivity index (χ1n) is 9.12. The summed E-state index contributed by atoms with van der Waals surface area (Å²) in [5.41, 5.74) is 3.02. The standard InChI is InChI=1S/C19H21ClN6O2/c1-19(11-22-18(27)28)6-8-26(9-7-19)14-10-21-16-15(24-25-17(16)23-14)12-2-4-13(20)5-3-12/h2-5,10,22H,6-9,11H2,1H3,(H,27,28)(H,23,24,25). The molecule has 1 aliphatic rings. The molecule has 1 aromatic carbocycles. The molecule has 3 heterocycles. The number of aromatic nitrogens is 4. The van der Waals surface area contributed by atoms with E-state index in [2.05, 4.69) is 37.3 Å². The second-order valence-corrected chi connectivity index (χ2v) is 7.90. The second kappa shape index (κ2) is 7.27. The summed E-state index contributed by atoms with van der Waals surface area (Å²) in [5, 5.41) is 19.3. The zero-order valence-electron chi connectivity index (χ0n) is 15.4. The predicted molar refractivity (Wildman–Crippen MR) is 108 cm³/mol. The maximum absolute atomic E-state index is 10.8. The molecule has 3 N–H and O–H groups in total. The highest BCUT2D eigenvalue weighted by molar-refractivity contribution is 6.30. The number of piperidine rings is 1. The van der Waals surface area contributed by atoms with Gasteiger partial charge >= 0.3 is 6.09 Å². The van der Waals surface area contributed by atoms with Gasteiger partial charge in [-0.05, 0) is 30.4 Å². The summed E-state index contributed by atoms with van der Waals surface area (Å²) in [6.45, 7) is 4.17. The van der Waals surface area contributed by atoms with Crippen LogP contribution in [0.5, 0.6) is 0 Å². The number of amides is 1. The first-order chi connectivity index (χ1) is 13.4. The van der Waals surface area contributed by atoms with Crippen molar-refractivity contribution >= 4 is 34.7 Å².